The highest BCUT2D eigenvalue weighted by molar-refractivity contribution is 7.99. The second-order valence-corrected chi connectivity index (χ2v) is 9.74. The number of imidazole rings is 1. The third-order valence-corrected chi connectivity index (χ3v) is 7.03. The minimum absolute atomic E-state index is 0.0379. The zero-order chi connectivity index (χ0) is 18.0. The number of rotatable bonds is 6. The van der Waals surface area contributed by atoms with Gasteiger partial charge in [-0.3, -0.25) is 4.79 Å². The summed E-state index contributed by atoms with van der Waals surface area (Å²) >= 11 is 7.39. The van der Waals surface area contributed by atoms with Crippen molar-refractivity contribution in [2.45, 2.75) is 37.5 Å². The van der Waals surface area contributed by atoms with Crippen LogP contribution in [0, 0.1) is 0 Å². The predicted molar refractivity (Wildman–Crippen MR) is 101 cm³/mol. The van der Waals surface area contributed by atoms with Crippen LogP contribution in [0.2, 0.25) is 5.02 Å². The number of halogens is 1. The van der Waals surface area contributed by atoms with Crippen molar-refractivity contribution in [3.63, 3.8) is 0 Å². The maximum absolute atomic E-state index is 12.1. The van der Waals surface area contributed by atoms with Gasteiger partial charge in [0.2, 0.25) is 5.91 Å². The molecule has 1 amide bonds. The number of hydrogen-bond donors (Lipinski definition) is 1. The molecular weight excluding hydrogens is 382 g/mol. The molecule has 25 heavy (non-hydrogen) atoms. The molecule has 0 bridgehead atoms. The summed E-state index contributed by atoms with van der Waals surface area (Å²) in [6.45, 7) is 2.90. The van der Waals surface area contributed by atoms with Crippen molar-refractivity contribution in [2.24, 2.45) is 0 Å². The van der Waals surface area contributed by atoms with Crippen LogP contribution in [0.3, 0.4) is 0 Å². The first-order valence-corrected chi connectivity index (χ1v) is 11.3. The summed E-state index contributed by atoms with van der Waals surface area (Å²) in [4.78, 5) is 16.7. The summed E-state index contributed by atoms with van der Waals surface area (Å²) in [5.41, 5.74) is 1.81. The van der Waals surface area contributed by atoms with Crippen molar-refractivity contribution >= 4 is 50.1 Å². The second kappa shape index (κ2) is 7.55. The lowest BCUT2D eigenvalue weighted by molar-refractivity contribution is -0.119. The van der Waals surface area contributed by atoms with Gasteiger partial charge in [0.25, 0.3) is 0 Å². The van der Waals surface area contributed by atoms with E-state index in [9.17, 15) is 13.2 Å². The first-order chi connectivity index (χ1) is 11.9. The Morgan fingerprint density at radius 1 is 1.48 bits per heavy atom. The van der Waals surface area contributed by atoms with Crippen molar-refractivity contribution in [1.29, 1.82) is 0 Å². The number of carbonyl (C=O) groups is 1. The van der Waals surface area contributed by atoms with Crippen molar-refractivity contribution in [2.75, 3.05) is 17.3 Å². The van der Waals surface area contributed by atoms with Crippen LogP contribution in [0.4, 0.5) is 0 Å². The molecule has 1 aromatic heterocycles. The molecular formula is C16H20ClN3O3S2. The van der Waals surface area contributed by atoms with Crippen molar-refractivity contribution in [3.05, 3.63) is 23.2 Å². The van der Waals surface area contributed by atoms with E-state index < -0.39 is 9.84 Å². The van der Waals surface area contributed by atoms with Crippen LogP contribution in [0.25, 0.3) is 11.0 Å². The normalized spacial score (nSPS) is 19.4. The van der Waals surface area contributed by atoms with Gasteiger partial charge in [0, 0.05) is 17.6 Å². The summed E-state index contributed by atoms with van der Waals surface area (Å²) in [5, 5.41) is 4.20. The number of nitrogens with one attached hydrogen (secondary N) is 1. The van der Waals surface area contributed by atoms with Gasteiger partial charge >= 0.3 is 0 Å². The van der Waals surface area contributed by atoms with E-state index in [-0.39, 0.29) is 29.2 Å². The summed E-state index contributed by atoms with van der Waals surface area (Å²) in [7, 11) is -2.99. The van der Waals surface area contributed by atoms with Crippen LogP contribution in [0.15, 0.2) is 23.4 Å². The lowest BCUT2D eigenvalue weighted by atomic mass is 10.3. The molecule has 1 aliphatic rings. The number of sulfone groups is 1. The van der Waals surface area contributed by atoms with Crippen LogP contribution >= 0.6 is 23.4 Å². The van der Waals surface area contributed by atoms with Gasteiger partial charge in [0.05, 0.1) is 28.3 Å². The molecule has 0 spiro atoms. The van der Waals surface area contributed by atoms with Crippen LogP contribution < -0.4 is 5.32 Å². The summed E-state index contributed by atoms with van der Waals surface area (Å²) < 4.78 is 25.0. The minimum atomic E-state index is -2.99. The highest BCUT2D eigenvalue weighted by atomic mass is 35.5. The molecule has 6 nitrogen and oxygen atoms in total. The highest BCUT2D eigenvalue weighted by Gasteiger charge is 2.28. The Labute approximate surface area is 156 Å². The van der Waals surface area contributed by atoms with Gasteiger partial charge in [-0.1, -0.05) is 30.3 Å². The Morgan fingerprint density at radius 2 is 2.28 bits per heavy atom. The number of aryl methyl sites for hydroxylation is 1. The summed E-state index contributed by atoms with van der Waals surface area (Å²) in [6.07, 6.45) is 1.44. The smallest absolute Gasteiger partial charge is 0.230 e. The Bertz CT molecular complexity index is 895. The van der Waals surface area contributed by atoms with Crippen LogP contribution in [0.1, 0.15) is 19.8 Å². The molecule has 1 fully saturated rings. The maximum Gasteiger partial charge on any atom is 0.230 e. The van der Waals surface area contributed by atoms with Gasteiger partial charge in [0.15, 0.2) is 15.0 Å². The first-order valence-electron chi connectivity index (χ1n) is 8.16. The Morgan fingerprint density at radius 3 is 2.96 bits per heavy atom. The lowest BCUT2D eigenvalue weighted by Gasteiger charge is -2.11. The average Bonchev–Trinajstić information content (AvgIpc) is 3.05. The van der Waals surface area contributed by atoms with E-state index in [0.717, 1.165) is 29.2 Å². The maximum atomic E-state index is 12.1. The number of nitrogens with zero attached hydrogens (tertiary/aromatic N) is 2. The quantitative estimate of drug-likeness (QED) is 0.752. The molecule has 2 aromatic rings. The molecule has 1 saturated heterocycles. The van der Waals surface area contributed by atoms with E-state index in [1.165, 1.54) is 11.8 Å². The predicted octanol–water partition coefficient (Wildman–Crippen LogP) is 2.50. The van der Waals surface area contributed by atoms with Gasteiger partial charge in [-0.25, -0.2) is 13.4 Å². The van der Waals surface area contributed by atoms with Gasteiger partial charge < -0.3 is 9.88 Å². The van der Waals surface area contributed by atoms with E-state index in [1.807, 2.05) is 18.2 Å². The molecule has 3 rings (SSSR count). The SMILES string of the molecule is CCCn1c(SCC(=O)NC2CCS(=O)(=O)C2)nc2cc(Cl)ccc21. The topological polar surface area (TPSA) is 81.1 Å². The van der Waals surface area contributed by atoms with Gasteiger partial charge in [-0.05, 0) is 31.0 Å². The minimum Gasteiger partial charge on any atom is -0.352 e. The number of aromatic nitrogens is 2. The molecule has 1 N–H and O–H groups in total. The van der Waals surface area contributed by atoms with Crippen molar-refractivity contribution < 1.29 is 13.2 Å². The van der Waals surface area contributed by atoms with Gasteiger partial charge in [-0.15, -0.1) is 0 Å². The highest BCUT2D eigenvalue weighted by Crippen LogP contribution is 2.26. The van der Waals surface area contributed by atoms with E-state index in [0.29, 0.717) is 11.4 Å². The van der Waals surface area contributed by atoms with E-state index in [1.54, 1.807) is 0 Å². The molecule has 1 atom stereocenters. The number of carbonyl (C=O) groups excluding carboxylic acids is 1. The molecule has 1 aliphatic heterocycles. The molecule has 1 unspecified atom stereocenters. The van der Waals surface area contributed by atoms with Gasteiger partial charge in [-0.2, -0.15) is 0 Å². The number of benzene rings is 1. The van der Waals surface area contributed by atoms with Crippen molar-refractivity contribution in [3.8, 4) is 0 Å². The van der Waals surface area contributed by atoms with E-state index >= 15 is 0 Å². The fourth-order valence-corrected chi connectivity index (χ4v) is 5.63. The summed E-state index contributed by atoms with van der Waals surface area (Å²) in [5.74, 6) is 0.228. The standard InChI is InChI=1S/C16H20ClN3O3S2/c1-2-6-20-14-4-3-11(17)8-13(14)19-16(20)24-9-15(21)18-12-5-7-25(22,23)10-12/h3-4,8,12H,2,5-7,9-10H2,1H3,(H,18,21). The van der Waals surface area contributed by atoms with Gasteiger partial charge in [0.1, 0.15) is 0 Å². The zero-order valence-corrected chi connectivity index (χ0v) is 16.3. The van der Waals surface area contributed by atoms with Crippen LogP contribution in [-0.4, -0.2) is 47.2 Å². The number of thioether (sulfide) groups is 1. The lowest BCUT2D eigenvalue weighted by Crippen LogP contribution is -2.36. The molecule has 0 aliphatic carbocycles. The first kappa shape index (κ1) is 18.5. The molecule has 0 saturated carbocycles. The average molecular weight is 402 g/mol. The molecule has 9 heteroatoms. The largest absolute Gasteiger partial charge is 0.352 e. The number of amides is 1. The number of hydrogen-bond acceptors (Lipinski definition) is 5. The third-order valence-electron chi connectivity index (χ3n) is 4.05. The Hall–Kier alpha value is -1.25. The number of fused-ring (bicyclic) bond motifs is 1. The molecule has 2 heterocycles. The van der Waals surface area contributed by atoms with Crippen molar-refractivity contribution in [1.82, 2.24) is 14.9 Å². The fraction of sp³-hybridized carbons (Fsp3) is 0.500. The third kappa shape index (κ3) is 4.48. The molecule has 0 radical (unpaired) electrons. The Balaban J connectivity index is 1.68. The van der Waals surface area contributed by atoms with E-state index in [4.69, 9.17) is 11.6 Å². The molecule has 1 aromatic carbocycles. The second-order valence-electron chi connectivity index (χ2n) is 6.14. The van der Waals surface area contributed by atoms with Crippen LogP contribution in [0.5, 0.6) is 0 Å². The fourth-order valence-electron chi connectivity index (χ4n) is 2.94. The summed E-state index contributed by atoms with van der Waals surface area (Å²) in [6, 6.07) is 5.32. The van der Waals surface area contributed by atoms with Crippen LogP contribution in [-0.2, 0) is 21.2 Å². The zero-order valence-electron chi connectivity index (χ0n) is 13.9. The Kier molecular flexibility index (Phi) is 5.60. The molecule has 136 valence electrons. The monoisotopic (exact) mass is 401 g/mol. The van der Waals surface area contributed by atoms with E-state index in [2.05, 4.69) is 21.8 Å².